The molecular formula is C12H20ClF2NO. The van der Waals surface area contributed by atoms with Crippen molar-refractivity contribution in [3.63, 3.8) is 0 Å². The monoisotopic (exact) mass is 267 g/mol. The Kier molecular flexibility index (Phi) is 5.63. The molecule has 5 heteroatoms. The van der Waals surface area contributed by atoms with Crippen molar-refractivity contribution in [1.29, 1.82) is 0 Å². The Morgan fingerprint density at radius 2 is 2.06 bits per heavy atom. The van der Waals surface area contributed by atoms with E-state index in [0.717, 1.165) is 12.8 Å². The Balaban J connectivity index is 2.25. The Labute approximate surface area is 106 Å². The third-order valence-electron chi connectivity index (χ3n) is 3.19. The number of hydrogen-bond acceptors (Lipinski definition) is 1. The Morgan fingerprint density at radius 3 is 2.59 bits per heavy atom. The van der Waals surface area contributed by atoms with Crippen LogP contribution in [0.15, 0.2) is 0 Å². The van der Waals surface area contributed by atoms with Gasteiger partial charge in [-0.1, -0.05) is 13.3 Å². The zero-order chi connectivity index (χ0) is 12.9. The van der Waals surface area contributed by atoms with E-state index in [2.05, 4.69) is 5.32 Å². The fourth-order valence-electron chi connectivity index (χ4n) is 2.07. The van der Waals surface area contributed by atoms with Crippen LogP contribution < -0.4 is 5.32 Å². The number of nitrogens with one attached hydrogen (secondary N) is 1. The van der Waals surface area contributed by atoms with Crippen LogP contribution in [-0.2, 0) is 4.79 Å². The second-order valence-electron chi connectivity index (χ2n) is 4.76. The SMILES string of the molecule is CCCC(Cl)CNC(=O)C1CCC(F)(F)CC1. The lowest BCUT2D eigenvalue weighted by molar-refractivity contribution is -0.129. The smallest absolute Gasteiger partial charge is 0.248 e. The molecule has 0 spiro atoms. The average molecular weight is 268 g/mol. The van der Waals surface area contributed by atoms with Gasteiger partial charge in [0.1, 0.15) is 0 Å². The van der Waals surface area contributed by atoms with Crippen LogP contribution in [0.2, 0.25) is 0 Å². The zero-order valence-electron chi connectivity index (χ0n) is 10.1. The summed E-state index contributed by atoms with van der Waals surface area (Å²) in [5.74, 6) is -2.96. The molecule has 1 fully saturated rings. The van der Waals surface area contributed by atoms with E-state index in [4.69, 9.17) is 11.6 Å². The predicted molar refractivity (Wildman–Crippen MR) is 64.5 cm³/mol. The molecule has 1 unspecified atom stereocenters. The van der Waals surface area contributed by atoms with Gasteiger partial charge in [0, 0.05) is 25.3 Å². The average Bonchev–Trinajstić information content (AvgIpc) is 2.26. The van der Waals surface area contributed by atoms with Gasteiger partial charge in [-0.25, -0.2) is 8.78 Å². The topological polar surface area (TPSA) is 29.1 Å². The Morgan fingerprint density at radius 1 is 1.47 bits per heavy atom. The van der Waals surface area contributed by atoms with Crippen LogP contribution in [0.5, 0.6) is 0 Å². The summed E-state index contributed by atoms with van der Waals surface area (Å²) in [7, 11) is 0. The third kappa shape index (κ3) is 5.19. The third-order valence-corrected chi connectivity index (χ3v) is 3.56. The number of rotatable bonds is 5. The summed E-state index contributed by atoms with van der Waals surface area (Å²) < 4.78 is 25.8. The fraction of sp³-hybridized carbons (Fsp3) is 0.917. The molecule has 1 saturated carbocycles. The van der Waals surface area contributed by atoms with Crippen molar-refractivity contribution >= 4 is 17.5 Å². The standard InChI is InChI=1S/C12H20ClF2NO/c1-2-3-10(13)8-16-11(17)9-4-6-12(14,15)7-5-9/h9-10H,2-8H2,1H3,(H,16,17). The van der Waals surface area contributed by atoms with E-state index >= 15 is 0 Å². The second kappa shape index (κ2) is 6.53. The first-order chi connectivity index (χ1) is 7.94. The molecule has 1 N–H and O–H groups in total. The highest BCUT2D eigenvalue weighted by Crippen LogP contribution is 2.36. The van der Waals surface area contributed by atoms with Gasteiger partial charge in [-0.3, -0.25) is 4.79 Å². The van der Waals surface area contributed by atoms with E-state index in [1.807, 2.05) is 6.92 Å². The predicted octanol–water partition coefficient (Wildman–Crippen LogP) is 3.34. The minimum absolute atomic E-state index is 0.0611. The van der Waals surface area contributed by atoms with E-state index in [-0.39, 0.29) is 42.9 Å². The summed E-state index contributed by atoms with van der Waals surface area (Å²) in [4.78, 5) is 11.7. The minimum atomic E-state index is -2.58. The zero-order valence-corrected chi connectivity index (χ0v) is 10.9. The molecule has 1 amide bonds. The van der Waals surface area contributed by atoms with Gasteiger partial charge in [-0.15, -0.1) is 11.6 Å². The van der Waals surface area contributed by atoms with Gasteiger partial charge in [-0.2, -0.15) is 0 Å². The highest BCUT2D eigenvalue weighted by atomic mass is 35.5. The number of alkyl halides is 3. The highest BCUT2D eigenvalue weighted by Gasteiger charge is 2.37. The first-order valence-corrected chi connectivity index (χ1v) is 6.68. The van der Waals surface area contributed by atoms with Crippen LogP contribution in [0.3, 0.4) is 0 Å². The van der Waals surface area contributed by atoms with Crippen molar-refractivity contribution in [2.45, 2.75) is 56.7 Å². The highest BCUT2D eigenvalue weighted by molar-refractivity contribution is 6.20. The molecule has 0 aliphatic heterocycles. The van der Waals surface area contributed by atoms with Crippen molar-refractivity contribution in [3.8, 4) is 0 Å². The van der Waals surface area contributed by atoms with Crippen LogP contribution in [0, 0.1) is 5.92 Å². The molecule has 0 bridgehead atoms. The van der Waals surface area contributed by atoms with Crippen LogP contribution in [-0.4, -0.2) is 23.8 Å². The molecule has 1 aliphatic carbocycles. The van der Waals surface area contributed by atoms with Crippen LogP contribution >= 0.6 is 11.6 Å². The van der Waals surface area contributed by atoms with E-state index in [1.165, 1.54) is 0 Å². The van der Waals surface area contributed by atoms with Gasteiger partial charge in [-0.05, 0) is 19.3 Å². The minimum Gasteiger partial charge on any atom is -0.354 e. The van der Waals surface area contributed by atoms with Crippen molar-refractivity contribution in [1.82, 2.24) is 5.32 Å². The molecule has 100 valence electrons. The maximum Gasteiger partial charge on any atom is 0.248 e. The summed E-state index contributed by atoms with van der Waals surface area (Å²) >= 11 is 5.97. The van der Waals surface area contributed by atoms with Gasteiger partial charge in [0.15, 0.2) is 0 Å². The summed E-state index contributed by atoms with van der Waals surface area (Å²) in [6.07, 6.45) is 2.03. The lowest BCUT2D eigenvalue weighted by atomic mass is 9.86. The maximum absolute atomic E-state index is 12.9. The fourth-order valence-corrected chi connectivity index (χ4v) is 2.37. The Hall–Kier alpha value is -0.380. The molecule has 0 radical (unpaired) electrons. The van der Waals surface area contributed by atoms with Gasteiger partial charge in [0.25, 0.3) is 0 Å². The maximum atomic E-state index is 12.9. The number of amides is 1. The van der Waals surface area contributed by atoms with Crippen molar-refractivity contribution in [3.05, 3.63) is 0 Å². The largest absolute Gasteiger partial charge is 0.354 e. The van der Waals surface area contributed by atoms with Gasteiger partial charge in [0.2, 0.25) is 11.8 Å². The number of halogens is 3. The first-order valence-electron chi connectivity index (χ1n) is 6.24. The van der Waals surface area contributed by atoms with Crippen LogP contribution in [0.1, 0.15) is 45.4 Å². The lowest BCUT2D eigenvalue weighted by Crippen LogP contribution is -2.38. The number of carbonyl (C=O) groups excluding carboxylic acids is 1. The molecule has 1 aliphatic rings. The van der Waals surface area contributed by atoms with Gasteiger partial charge >= 0.3 is 0 Å². The summed E-state index contributed by atoms with van der Waals surface area (Å²) in [5.41, 5.74) is 0. The van der Waals surface area contributed by atoms with Crippen LogP contribution in [0.4, 0.5) is 8.78 Å². The molecule has 0 aromatic rings. The quantitative estimate of drug-likeness (QED) is 0.761. The molecule has 1 atom stereocenters. The molecule has 17 heavy (non-hydrogen) atoms. The van der Waals surface area contributed by atoms with Crippen molar-refractivity contribution < 1.29 is 13.6 Å². The molecule has 0 saturated heterocycles. The lowest BCUT2D eigenvalue weighted by Gasteiger charge is -2.27. The first kappa shape index (κ1) is 14.7. The van der Waals surface area contributed by atoms with E-state index < -0.39 is 5.92 Å². The molecule has 0 aromatic carbocycles. The molecule has 1 rings (SSSR count). The van der Waals surface area contributed by atoms with Gasteiger partial charge < -0.3 is 5.32 Å². The van der Waals surface area contributed by atoms with E-state index in [0.29, 0.717) is 6.54 Å². The van der Waals surface area contributed by atoms with Crippen molar-refractivity contribution in [2.75, 3.05) is 6.54 Å². The summed E-state index contributed by atoms with van der Waals surface area (Å²) in [6, 6.07) is 0. The molecule has 0 heterocycles. The van der Waals surface area contributed by atoms with E-state index in [9.17, 15) is 13.6 Å². The molecular weight excluding hydrogens is 248 g/mol. The second-order valence-corrected chi connectivity index (χ2v) is 5.38. The normalized spacial score (nSPS) is 22.1. The molecule has 2 nitrogen and oxygen atoms in total. The van der Waals surface area contributed by atoms with Gasteiger partial charge in [0.05, 0.1) is 5.38 Å². The number of carbonyl (C=O) groups is 1. The summed E-state index contributed by atoms with van der Waals surface area (Å²) in [6.45, 7) is 2.46. The molecule has 0 aromatic heterocycles. The van der Waals surface area contributed by atoms with Crippen molar-refractivity contribution in [2.24, 2.45) is 5.92 Å². The summed E-state index contributed by atoms with van der Waals surface area (Å²) in [5, 5.41) is 2.69. The number of hydrogen-bond donors (Lipinski definition) is 1. The Bertz CT molecular complexity index is 251. The van der Waals surface area contributed by atoms with E-state index in [1.54, 1.807) is 0 Å². The van der Waals surface area contributed by atoms with Crippen LogP contribution in [0.25, 0.3) is 0 Å².